The number of amides is 2. The highest BCUT2D eigenvalue weighted by Gasteiger charge is 2.32. The zero-order valence-electron chi connectivity index (χ0n) is 16.1. The van der Waals surface area contributed by atoms with Gasteiger partial charge in [-0.2, -0.15) is 0 Å². The summed E-state index contributed by atoms with van der Waals surface area (Å²) in [4.78, 5) is 36.4. The largest absolute Gasteiger partial charge is 0.354 e. The summed E-state index contributed by atoms with van der Waals surface area (Å²) in [7, 11) is 0. The molecule has 146 valence electrons. The molecular weight excluding hydrogens is 364 g/mol. The van der Waals surface area contributed by atoms with E-state index >= 15 is 0 Å². The second-order valence-corrected chi connectivity index (χ2v) is 7.49. The number of piperazine rings is 1. The van der Waals surface area contributed by atoms with Gasteiger partial charge in [0.15, 0.2) is 0 Å². The van der Waals surface area contributed by atoms with Gasteiger partial charge in [-0.05, 0) is 29.7 Å². The Morgan fingerprint density at radius 3 is 2.07 bits per heavy atom. The Morgan fingerprint density at radius 2 is 1.45 bits per heavy atom. The highest BCUT2D eigenvalue weighted by atomic mass is 16.2. The fourth-order valence-electron chi connectivity index (χ4n) is 4.27. The van der Waals surface area contributed by atoms with Crippen LogP contribution < -0.4 is 4.90 Å². The van der Waals surface area contributed by atoms with Crippen LogP contribution in [0.3, 0.4) is 0 Å². The molecule has 2 aromatic carbocycles. The molecule has 6 heteroatoms. The average molecular weight is 386 g/mol. The van der Waals surface area contributed by atoms with E-state index in [1.165, 1.54) is 4.90 Å². The van der Waals surface area contributed by atoms with Crippen LogP contribution in [0.15, 0.2) is 60.8 Å². The van der Waals surface area contributed by atoms with E-state index in [2.05, 4.69) is 14.8 Å². The Hall–Kier alpha value is -3.25. The molecule has 0 radical (unpaired) electrons. The first-order valence-corrected chi connectivity index (χ1v) is 9.98. The molecule has 29 heavy (non-hydrogen) atoms. The van der Waals surface area contributed by atoms with Crippen molar-refractivity contribution < 1.29 is 9.59 Å². The van der Waals surface area contributed by atoms with Crippen molar-refractivity contribution in [2.75, 3.05) is 44.2 Å². The molecule has 2 aliphatic rings. The summed E-state index contributed by atoms with van der Waals surface area (Å²) >= 11 is 0. The zero-order valence-corrected chi connectivity index (χ0v) is 16.1. The van der Waals surface area contributed by atoms with Crippen LogP contribution in [0.5, 0.6) is 0 Å². The van der Waals surface area contributed by atoms with Crippen LogP contribution in [0.2, 0.25) is 0 Å². The molecule has 3 aromatic rings. The van der Waals surface area contributed by atoms with Gasteiger partial charge < -0.3 is 4.90 Å². The van der Waals surface area contributed by atoms with Gasteiger partial charge in [-0.1, -0.05) is 30.3 Å². The summed E-state index contributed by atoms with van der Waals surface area (Å²) in [6.07, 6.45) is 1.81. The summed E-state index contributed by atoms with van der Waals surface area (Å²) in [5.41, 5.74) is 1.25. The fraction of sp³-hybridized carbons (Fsp3) is 0.261. The van der Waals surface area contributed by atoms with E-state index in [1.807, 2.05) is 60.8 Å². The van der Waals surface area contributed by atoms with E-state index in [0.29, 0.717) is 24.2 Å². The van der Waals surface area contributed by atoms with Crippen molar-refractivity contribution in [1.29, 1.82) is 0 Å². The number of nitrogens with zero attached hydrogens (tertiary/aromatic N) is 4. The molecule has 2 amide bonds. The van der Waals surface area contributed by atoms with Crippen molar-refractivity contribution >= 4 is 28.4 Å². The minimum atomic E-state index is -0.188. The number of carbonyl (C=O) groups is 2. The Morgan fingerprint density at radius 1 is 0.759 bits per heavy atom. The maximum atomic E-state index is 13.0. The van der Waals surface area contributed by atoms with Crippen LogP contribution in [-0.2, 0) is 0 Å². The Bertz CT molecular complexity index is 1020. The van der Waals surface area contributed by atoms with Crippen LogP contribution in [-0.4, -0.2) is 65.9 Å². The lowest BCUT2D eigenvalue weighted by atomic mass is 9.94. The van der Waals surface area contributed by atoms with E-state index < -0.39 is 0 Å². The first-order valence-electron chi connectivity index (χ1n) is 9.98. The lowest BCUT2D eigenvalue weighted by Gasteiger charge is -2.36. The monoisotopic (exact) mass is 386 g/mol. The first-order chi connectivity index (χ1) is 14.2. The van der Waals surface area contributed by atoms with Crippen molar-refractivity contribution in [1.82, 2.24) is 14.8 Å². The van der Waals surface area contributed by atoms with Crippen molar-refractivity contribution in [3.8, 4) is 0 Å². The van der Waals surface area contributed by atoms with E-state index in [9.17, 15) is 9.59 Å². The van der Waals surface area contributed by atoms with Crippen molar-refractivity contribution in [2.45, 2.75) is 0 Å². The van der Waals surface area contributed by atoms with Gasteiger partial charge in [0.2, 0.25) is 0 Å². The Kier molecular flexibility index (Phi) is 4.48. The maximum absolute atomic E-state index is 13.0. The maximum Gasteiger partial charge on any atom is 0.261 e. The Balaban J connectivity index is 1.26. The molecule has 1 saturated heterocycles. The van der Waals surface area contributed by atoms with Gasteiger partial charge in [-0.3, -0.25) is 19.4 Å². The van der Waals surface area contributed by atoms with Gasteiger partial charge in [0.05, 0.1) is 0 Å². The summed E-state index contributed by atoms with van der Waals surface area (Å²) < 4.78 is 0. The first kappa shape index (κ1) is 17.8. The smallest absolute Gasteiger partial charge is 0.261 e. The summed E-state index contributed by atoms with van der Waals surface area (Å²) in [6.45, 7) is 4.65. The van der Waals surface area contributed by atoms with Crippen LogP contribution in [0.4, 0.5) is 5.82 Å². The third-order valence-corrected chi connectivity index (χ3v) is 5.84. The minimum Gasteiger partial charge on any atom is -0.354 e. The fourth-order valence-corrected chi connectivity index (χ4v) is 4.27. The predicted molar refractivity (Wildman–Crippen MR) is 112 cm³/mol. The number of hydrogen-bond donors (Lipinski definition) is 0. The topological polar surface area (TPSA) is 56.8 Å². The molecule has 0 spiro atoms. The number of benzene rings is 2. The van der Waals surface area contributed by atoms with Crippen molar-refractivity contribution in [3.05, 3.63) is 71.9 Å². The van der Waals surface area contributed by atoms with E-state index in [0.717, 1.165) is 42.8 Å². The van der Waals surface area contributed by atoms with Gasteiger partial charge in [-0.15, -0.1) is 0 Å². The third kappa shape index (κ3) is 3.15. The van der Waals surface area contributed by atoms with Crippen LogP contribution >= 0.6 is 0 Å². The van der Waals surface area contributed by atoms with Gasteiger partial charge in [-0.25, -0.2) is 4.98 Å². The second-order valence-electron chi connectivity index (χ2n) is 7.49. The van der Waals surface area contributed by atoms with Crippen LogP contribution in [0, 0.1) is 0 Å². The molecular formula is C23H22N4O2. The van der Waals surface area contributed by atoms with E-state index in [-0.39, 0.29) is 11.8 Å². The quantitative estimate of drug-likeness (QED) is 0.646. The van der Waals surface area contributed by atoms with Gasteiger partial charge in [0, 0.05) is 62.0 Å². The lowest BCUT2D eigenvalue weighted by Crippen LogP contribution is -2.50. The molecule has 2 aliphatic heterocycles. The van der Waals surface area contributed by atoms with Crippen LogP contribution in [0.25, 0.3) is 10.8 Å². The second kappa shape index (κ2) is 7.29. The minimum absolute atomic E-state index is 0.188. The standard InChI is InChI=1S/C23H22N4O2/c28-22-18-7-3-5-17-6-4-8-19(21(17)18)23(29)27(22)16-13-25-11-14-26(15-12-25)20-9-1-2-10-24-20/h1-10H,11-16H2. The average Bonchev–Trinajstić information content (AvgIpc) is 2.78. The number of imide groups is 1. The number of rotatable bonds is 4. The third-order valence-electron chi connectivity index (χ3n) is 5.84. The summed E-state index contributed by atoms with van der Waals surface area (Å²) in [5.74, 6) is 0.621. The Labute approximate surface area is 169 Å². The molecule has 6 nitrogen and oxygen atoms in total. The molecule has 5 rings (SSSR count). The zero-order chi connectivity index (χ0) is 19.8. The number of aromatic nitrogens is 1. The predicted octanol–water partition coefficient (Wildman–Crippen LogP) is 2.65. The molecule has 0 atom stereocenters. The number of pyridine rings is 1. The molecule has 1 fully saturated rings. The molecule has 0 bridgehead atoms. The summed E-state index contributed by atoms with van der Waals surface area (Å²) in [6, 6.07) is 17.2. The molecule has 0 N–H and O–H groups in total. The van der Waals surface area contributed by atoms with Gasteiger partial charge in [0.25, 0.3) is 11.8 Å². The molecule has 0 aliphatic carbocycles. The van der Waals surface area contributed by atoms with E-state index in [4.69, 9.17) is 0 Å². The lowest BCUT2D eigenvalue weighted by molar-refractivity contribution is 0.0591. The van der Waals surface area contributed by atoms with Crippen LogP contribution in [0.1, 0.15) is 20.7 Å². The van der Waals surface area contributed by atoms with Crippen molar-refractivity contribution in [3.63, 3.8) is 0 Å². The summed E-state index contributed by atoms with van der Waals surface area (Å²) in [5, 5.41) is 1.72. The number of anilines is 1. The highest BCUT2D eigenvalue weighted by molar-refractivity contribution is 6.25. The molecule has 0 saturated carbocycles. The highest BCUT2D eigenvalue weighted by Crippen LogP contribution is 2.29. The number of carbonyl (C=O) groups excluding carboxylic acids is 2. The van der Waals surface area contributed by atoms with Gasteiger partial charge >= 0.3 is 0 Å². The molecule has 0 unspecified atom stereocenters. The molecule has 1 aromatic heterocycles. The SMILES string of the molecule is O=C1c2cccc3cccc(c23)C(=O)N1CCN1CCN(c2ccccn2)CC1. The van der Waals surface area contributed by atoms with E-state index in [1.54, 1.807) is 0 Å². The molecule has 3 heterocycles. The van der Waals surface area contributed by atoms with Crippen molar-refractivity contribution in [2.24, 2.45) is 0 Å². The number of hydrogen-bond acceptors (Lipinski definition) is 5. The van der Waals surface area contributed by atoms with Gasteiger partial charge in [0.1, 0.15) is 5.82 Å². The normalized spacial score (nSPS) is 17.2.